The van der Waals surface area contributed by atoms with E-state index in [-0.39, 0.29) is 11.3 Å². The number of rotatable bonds is 6. The summed E-state index contributed by atoms with van der Waals surface area (Å²) >= 11 is 0. The molecule has 25 heavy (non-hydrogen) atoms. The largest absolute Gasteiger partial charge is 0.353 e. The van der Waals surface area contributed by atoms with Crippen molar-refractivity contribution >= 4 is 12.0 Å². The van der Waals surface area contributed by atoms with Gasteiger partial charge in [-0.1, -0.05) is 74.9 Å². The van der Waals surface area contributed by atoms with Crippen LogP contribution in [0.1, 0.15) is 49.4 Å². The van der Waals surface area contributed by atoms with Crippen molar-refractivity contribution in [3.63, 3.8) is 0 Å². The van der Waals surface area contributed by atoms with Gasteiger partial charge < -0.3 is 5.32 Å². The fourth-order valence-corrected chi connectivity index (χ4v) is 2.58. The number of amides is 1. The molecule has 2 heteroatoms. The van der Waals surface area contributed by atoms with Gasteiger partial charge in [0.1, 0.15) is 0 Å². The second-order valence-corrected chi connectivity index (χ2v) is 7.59. The highest BCUT2D eigenvalue weighted by Crippen LogP contribution is 2.22. The predicted octanol–water partition coefficient (Wildman–Crippen LogP) is 5.05. The predicted molar refractivity (Wildman–Crippen MR) is 107 cm³/mol. The Hall–Kier alpha value is -2.35. The highest BCUT2D eigenvalue weighted by atomic mass is 16.1. The van der Waals surface area contributed by atoms with Crippen molar-refractivity contribution in [1.29, 1.82) is 0 Å². The van der Waals surface area contributed by atoms with E-state index in [0.29, 0.717) is 6.54 Å². The fraction of sp³-hybridized carbons (Fsp3) is 0.348. The molecule has 0 aliphatic rings. The van der Waals surface area contributed by atoms with Gasteiger partial charge in [0.15, 0.2) is 0 Å². The Bertz CT molecular complexity index is 703. The van der Waals surface area contributed by atoms with Gasteiger partial charge in [0.05, 0.1) is 0 Å². The Morgan fingerprint density at radius 3 is 2.24 bits per heavy atom. The standard InChI is InChI=1S/C23H29NO/c1-18-7-9-19(10-8-18)6-5-17-24-22(25)16-13-20-11-14-21(15-12-20)23(2,3)4/h7-16H,5-6,17H2,1-4H3,(H,24,25)/b16-13+. The van der Waals surface area contributed by atoms with E-state index in [4.69, 9.17) is 0 Å². The molecule has 2 nitrogen and oxygen atoms in total. The van der Waals surface area contributed by atoms with Crippen molar-refractivity contribution in [2.75, 3.05) is 6.54 Å². The zero-order chi connectivity index (χ0) is 18.3. The third-order valence-electron chi connectivity index (χ3n) is 4.27. The van der Waals surface area contributed by atoms with Crippen LogP contribution in [0.2, 0.25) is 0 Å². The van der Waals surface area contributed by atoms with E-state index in [2.05, 4.69) is 81.5 Å². The molecule has 0 atom stereocenters. The Morgan fingerprint density at radius 2 is 1.64 bits per heavy atom. The molecule has 0 fully saturated rings. The summed E-state index contributed by atoms with van der Waals surface area (Å²) in [5, 5.41) is 2.94. The van der Waals surface area contributed by atoms with Crippen molar-refractivity contribution in [2.45, 2.75) is 46.0 Å². The fourth-order valence-electron chi connectivity index (χ4n) is 2.58. The molecule has 0 saturated carbocycles. The molecule has 0 aromatic heterocycles. The molecule has 0 saturated heterocycles. The van der Waals surface area contributed by atoms with Crippen LogP contribution in [0.5, 0.6) is 0 Å². The lowest BCUT2D eigenvalue weighted by Crippen LogP contribution is -2.22. The Balaban J connectivity index is 1.74. The van der Waals surface area contributed by atoms with Crippen LogP contribution >= 0.6 is 0 Å². The van der Waals surface area contributed by atoms with Crippen LogP contribution in [-0.4, -0.2) is 12.5 Å². The van der Waals surface area contributed by atoms with Gasteiger partial charge in [0.2, 0.25) is 5.91 Å². The maximum atomic E-state index is 11.9. The van der Waals surface area contributed by atoms with E-state index in [9.17, 15) is 4.79 Å². The summed E-state index contributed by atoms with van der Waals surface area (Å²) in [4.78, 5) is 11.9. The minimum atomic E-state index is -0.0381. The molecule has 2 aromatic carbocycles. The van der Waals surface area contributed by atoms with Crippen molar-refractivity contribution in [3.05, 3.63) is 76.9 Å². The quantitative estimate of drug-likeness (QED) is 0.580. The van der Waals surface area contributed by atoms with Crippen LogP contribution in [0.15, 0.2) is 54.6 Å². The van der Waals surface area contributed by atoms with Crippen molar-refractivity contribution < 1.29 is 4.79 Å². The first-order valence-corrected chi connectivity index (χ1v) is 8.96. The molecule has 0 bridgehead atoms. The number of hydrogen-bond donors (Lipinski definition) is 1. The van der Waals surface area contributed by atoms with Gasteiger partial charge in [-0.25, -0.2) is 0 Å². The number of nitrogens with one attached hydrogen (secondary N) is 1. The third-order valence-corrected chi connectivity index (χ3v) is 4.27. The van der Waals surface area contributed by atoms with Gasteiger partial charge in [0.25, 0.3) is 0 Å². The summed E-state index contributed by atoms with van der Waals surface area (Å²) in [6.45, 7) is 9.37. The zero-order valence-corrected chi connectivity index (χ0v) is 15.8. The first kappa shape index (κ1) is 19.0. The molecule has 0 spiro atoms. The minimum absolute atomic E-state index is 0.0381. The number of hydrogen-bond acceptors (Lipinski definition) is 1. The molecule has 1 N–H and O–H groups in total. The van der Waals surface area contributed by atoms with Gasteiger partial charge >= 0.3 is 0 Å². The van der Waals surface area contributed by atoms with Gasteiger partial charge in [0, 0.05) is 12.6 Å². The second-order valence-electron chi connectivity index (χ2n) is 7.59. The maximum Gasteiger partial charge on any atom is 0.243 e. The van der Waals surface area contributed by atoms with Gasteiger partial charge in [-0.15, -0.1) is 0 Å². The van der Waals surface area contributed by atoms with E-state index >= 15 is 0 Å². The van der Waals surface area contributed by atoms with Crippen molar-refractivity contribution in [1.82, 2.24) is 5.32 Å². The molecule has 2 aromatic rings. The first-order chi connectivity index (χ1) is 11.8. The van der Waals surface area contributed by atoms with Crippen LogP contribution < -0.4 is 5.32 Å². The molecule has 132 valence electrons. The molecule has 0 aliphatic carbocycles. The topological polar surface area (TPSA) is 29.1 Å². The van der Waals surface area contributed by atoms with Crippen LogP contribution in [-0.2, 0) is 16.6 Å². The monoisotopic (exact) mass is 335 g/mol. The van der Waals surface area contributed by atoms with Gasteiger partial charge in [-0.05, 0) is 47.9 Å². The van der Waals surface area contributed by atoms with Crippen molar-refractivity contribution in [2.24, 2.45) is 0 Å². The number of aryl methyl sites for hydroxylation is 2. The van der Waals surface area contributed by atoms with Gasteiger partial charge in [-0.3, -0.25) is 4.79 Å². The van der Waals surface area contributed by atoms with Crippen LogP contribution in [0.4, 0.5) is 0 Å². The summed E-state index contributed by atoms with van der Waals surface area (Å²) < 4.78 is 0. The molecule has 0 unspecified atom stereocenters. The van der Waals surface area contributed by atoms with Crippen LogP contribution in [0.25, 0.3) is 6.08 Å². The molecular formula is C23H29NO. The lowest BCUT2D eigenvalue weighted by molar-refractivity contribution is -0.116. The van der Waals surface area contributed by atoms with E-state index in [0.717, 1.165) is 18.4 Å². The molecule has 0 radical (unpaired) electrons. The molecular weight excluding hydrogens is 306 g/mol. The Kier molecular flexibility index (Phi) is 6.58. The third kappa shape index (κ3) is 6.58. The van der Waals surface area contributed by atoms with Crippen LogP contribution in [0, 0.1) is 6.92 Å². The van der Waals surface area contributed by atoms with E-state index < -0.39 is 0 Å². The lowest BCUT2D eigenvalue weighted by Gasteiger charge is -2.18. The summed E-state index contributed by atoms with van der Waals surface area (Å²) in [5.74, 6) is -0.0381. The average Bonchev–Trinajstić information content (AvgIpc) is 2.58. The highest BCUT2D eigenvalue weighted by Gasteiger charge is 2.12. The molecule has 2 rings (SSSR count). The second kappa shape index (κ2) is 8.66. The molecule has 1 amide bonds. The summed E-state index contributed by atoms with van der Waals surface area (Å²) in [6, 6.07) is 16.9. The SMILES string of the molecule is Cc1ccc(CCCNC(=O)/C=C/c2ccc(C(C)(C)C)cc2)cc1. The summed E-state index contributed by atoms with van der Waals surface area (Å²) in [6.07, 6.45) is 5.40. The average molecular weight is 335 g/mol. The molecule has 0 heterocycles. The molecule has 0 aliphatic heterocycles. The number of carbonyl (C=O) groups excluding carboxylic acids is 1. The Morgan fingerprint density at radius 1 is 1.00 bits per heavy atom. The van der Waals surface area contributed by atoms with Gasteiger partial charge in [-0.2, -0.15) is 0 Å². The highest BCUT2D eigenvalue weighted by molar-refractivity contribution is 5.91. The van der Waals surface area contributed by atoms with Crippen molar-refractivity contribution in [3.8, 4) is 0 Å². The smallest absolute Gasteiger partial charge is 0.243 e. The Labute approximate surface area is 152 Å². The maximum absolute atomic E-state index is 11.9. The normalized spacial score (nSPS) is 11.7. The van der Waals surface area contributed by atoms with E-state index in [1.54, 1.807) is 6.08 Å². The van der Waals surface area contributed by atoms with E-state index in [1.165, 1.54) is 16.7 Å². The summed E-state index contributed by atoms with van der Waals surface area (Å²) in [5.41, 5.74) is 5.08. The minimum Gasteiger partial charge on any atom is -0.353 e. The first-order valence-electron chi connectivity index (χ1n) is 8.96. The van der Waals surface area contributed by atoms with Crippen LogP contribution in [0.3, 0.4) is 0 Å². The van der Waals surface area contributed by atoms with E-state index in [1.807, 2.05) is 6.08 Å². The number of benzene rings is 2. The number of carbonyl (C=O) groups is 1. The lowest BCUT2D eigenvalue weighted by atomic mass is 9.87. The zero-order valence-electron chi connectivity index (χ0n) is 15.8. The summed E-state index contributed by atoms with van der Waals surface area (Å²) in [7, 11) is 0.